The topological polar surface area (TPSA) is 12.9 Å². The summed E-state index contributed by atoms with van der Waals surface area (Å²) in [5.41, 5.74) is 0.947. The van der Waals surface area contributed by atoms with Gasteiger partial charge in [-0.2, -0.15) is 12.6 Å². The van der Waals surface area contributed by atoms with Gasteiger partial charge in [-0.15, -0.1) is 0 Å². The molecule has 0 radical (unpaired) electrons. The molecule has 0 amide bonds. The summed E-state index contributed by atoms with van der Waals surface area (Å²) in [4.78, 5) is 3.99. The summed E-state index contributed by atoms with van der Waals surface area (Å²) >= 11 is 9.62. The second-order valence-corrected chi connectivity index (χ2v) is 2.38. The normalized spacial score (nSPS) is 9.56. The predicted molar refractivity (Wildman–Crippen MR) is 41.9 cm³/mol. The van der Waals surface area contributed by atoms with Crippen LogP contribution in [-0.4, -0.2) is 4.98 Å². The zero-order valence-electron chi connectivity index (χ0n) is 4.71. The monoisotopic (exact) mass is 159 g/mol. The van der Waals surface area contributed by atoms with Gasteiger partial charge in [0.25, 0.3) is 0 Å². The quantitative estimate of drug-likeness (QED) is 0.620. The van der Waals surface area contributed by atoms with Crippen molar-refractivity contribution in [2.45, 2.75) is 5.75 Å². The van der Waals surface area contributed by atoms with Gasteiger partial charge in [0.2, 0.25) is 0 Å². The minimum absolute atomic E-state index is 0.664. The third-order valence-electron chi connectivity index (χ3n) is 0.951. The van der Waals surface area contributed by atoms with E-state index in [0.29, 0.717) is 10.8 Å². The summed E-state index contributed by atoms with van der Waals surface area (Å²) in [5, 5.41) is 0.667. The molecule has 3 heteroatoms. The number of hydrogen-bond acceptors (Lipinski definition) is 2. The SMILES string of the molecule is SCc1ccc(Cl)cn1. The van der Waals surface area contributed by atoms with Crippen molar-refractivity contribution in [2.75, 3.05) is 0 Å². The van der Waals surface area contributed by atoms with E-state index in [0.717, 1.165) is 5.69 Å². The van der Waals surface area contributed by atoms with Crippen LogP contribution in [-0.2, 0) is 5.75 Å². The maximum Gasteiger partial charge on any atom is 0.0589 e. The lowest BCUT2D eigenvalue weighted by Gasteiger charge is -1.91. The van der Waals surface area contributed by atoms with Crippen molar-refractivity contribution in [3.63, 3.8) is 0 Å². The van der Waals surface area contributed by atoms with Crippen LogP contribution in [0.4, 0.5) is 0 Å². The van der Waals surface area contributed by atoms with Crippen molar-refractivity contribution < 1.29 is 0 Å². The standard InChI is InChI=1S/C6H6ClNS/c7-5-1-2-6(4-9)8-3-5/h1-3,9H,4H2. The third-order valence-corrected chi connectivity index (χ3v) is 1.50. The average molecular weight is 160 g/mol. The van der Waals surface area contributed by atoms with Crippen LogP contribution < -0.4 is 0 Å². The van der Waals surface area contributed by atoms with Crippen LogP contribution in [0.3, 0.4) is 0 Å². The van der Waals surface area contributed by atoms with E-state index in [1.807, 2.05) is 6.07 Å². The molecule has 0 aliphatic carbocycles. The molecule has 1 aromatic rings. The van der Waals surface area contributed by atoms with Crippen molar-refractivity contribution in [2.24, 2.45) is 0 Å². The van der Waals surface area contributed by atoms with Gasteiger partial charge in [0.1, 0.15) is 0 Å². The van der Waals surface area contributed by atoms with E-state index < -0.39 is 0 Å². The number of hydrogen-bond donors (Lipinski definition) is 1. The van der Waals surface area contributed by atoms with Crippen LogP contribution >= 0.6 is 24.2 Å². The van der Waals surface area contributed by atoms with Crippen LogP contribution in [0, 0.1) is 0 Å². The van der Waals surface area contributed by atoms with Crippen molar-refractivity contribution in [1.29, 1.82) is 0 Å². The van der Waals surface area contributed by atoms with Crippen molar-refractivity contribution in [1.82, 2.24) is 4.98 Å². The Morgan fingerprint density at radius 2 is 2.33 bits per heavy atom. The maximum atomic E-state index is 5.58. The number of aromatic nitrogens is 1. The molecule has 0 aromatic carbocycles. The molecular weight excluding hydrogens is 154 g/mol. The Labute approximate surface area is 64.5 Å². The van der Waals surface area contributed by atoms with Crippen LogP contribution in [0.15, 0.2) is 18.3 Å². The number of halogens is 1. The van der Waals surface area contributed by atoms with E-state index in [1.165, 1.54) is 0 Å². The van der Waals surface area contributed by atoms with Gasteiger partial charge in [0, 0.05) is 11.9 Å². The van der Waals surface area contributed by atoms with Crippen molar-refractivity contribution >= 4 is 24.2 Å². The average Bonchev–Trinajstić information content (AvgIpc) is 1.90. The summed E-state index contributed by atoms with van der Waals surface area (Å²) in [5.74, 6) is 0.664. The first-order chi connectivity index (χ1) is 4.33. The van der Waals surface area contributed by atoms with Gasteiger partial charge >= 0.3 is 0 Å². The van der Waals surface area contributed by atoms with E-state index >= 15 is 0 Å². The second-order valence-electron chi connectivity index (χ2n) is 1.63. The molecule has 1 heterocycles. The van der Waals surface area contributed by atoms with Crippen molar-refractivity contribution in [3.8, 4) is 0 Å². The fraction of sp³-hybridized carbons (Fsp3) is 0.167. The summed E-state index contributed by atoms with van der Waals surface area (Å²) in [6.45, 7) is 0. The molecule has 48 valence electrons. The molecule has 1 rings (SSSR count). The maximum absolute atomic E-state index is 5.58. The van der Waals surface area contributed by atoms with E-state index in [2.05, 4.69) is 17.6 Å². The highest BCUT2D eigenvalue weighted by Gasteiger charge is 1.88. The predicted octanol–water partition coefficient (Wildman–Crippen LogP) is 2.16. The van der Waals surface area contributed by atoms with Crippen LogP contribution in [0.1, 0.15) is 5.69 Å². The molecule has 0 saturated heterocycles. The molecule has 0 atom stereocenters. The van der Waals surface area contributed by atoms with Gasteiger partial charge in [0.05, 0.1) is 10.7 Å². The smallest absolute Gasteiger partial charge is 0.0589 e. The Morgan fingerprint density at radius 3 is 2.78 bits per heavy atom. The van der Waals surface area contributed by atoms with Gasteiger partial charge in [-0.25, -0.2) is 0 Å². The zero-order valence-corrected chi connectivity index (χ0v) is 6.36. The lowest BCUT2D eigenvalue weighted by atomic mass is 10.4. The van der Waals surface area contributed by atoms with Gasteiger partial charge in [-0.05, 0) is 12.1 Å². The first-order valence-corrected chi connectivity index (χ1v) is 3.55. The molecule has 0 saturated carbocycles. The number of pyridine rings is 1. The summed E-state index contributed by atoms with van der Waals surface area (Å²) in [6.07, 6.45) is 1.62. The molecule has 1 nitrogen and oxygen atoms in total. The highest BCUT2D eigenvalue weighted by molar-refractivity contribution is 7.79. The fourth-order valence-corrected chi connectivity index (χ4v) is 0.799. The first-order valence-electron chi connectivity index (χ1n) is 2.54. The minimum Gasteiger partial charge on any atom is -0.259 e. The Kier molecular flexibility index (Phi) is 2.37. The minimum atomic E-state index is 0.664. The molecule has 0 spiro atoms. The Hall–Kier alpha value is -0.210. The summed E-state index contributed by atoms with van der Waals surface area (Å²) in [7, 11) is 0. The van der Waals surface area contributed by atoms with Gasteiger partial charge in [0.15, 0.2) is 0 Å². The number of rotatable bonds is 1. The molecular formula is C6H6ClNS. The molecule has 1 aromatic heterocycles. The third kappa shape index (κ3) is 1.88. The molecule has 0 N–H and O–H groups in total. The first kappa shape index (κ1) is 6.90. The van der Waals surface area contributed by atoms with Gasteiger partial charge in [-0.1, -0.05) is 11.6 Å². The Bertz CT molecular complexity index is 185. The summed E-state index contributed by atoms with van der Waals surface area (Å²) in [6, 6.07) is 3.66. The lowest BCUT2D eigenvalue weighted by Crippen LogP contribution is -1.81. The summed E-state index contributed by atoms with van der Waals surface area (Å²) < 4.78 is 0. The lowest BCUT2D eigenvalue weighted by molar-refractivity contribution is 1.18. The zero-order chi connectivity index (χ0) is 6.69. The Morgan fingerprint density at radius 1 is 1.56 bits per heavy atom. The highest BCUT2D eigenvalue weighted by atomic mass is 35.5. The number of nitrogens with zero attached hydrogens (tertiary/aromatic N) is 1. The van der Waals surface area contributed by atoms with E-state index in [-0.39, 0.29) is 0 Å². The van der Waals surface area contributed by atoms with Gasteiger partial charge < -0.3 is 0 Å². The van der Waals surface area contributed by atoms with Crippen LogP contribution in [0.5, 0.6) is 0 Å². The van der Waals surface area contributed by atoms with Crippen LogP contribution in [0.25, 0.3) is 0 Å². The van der Waals surface area contributed by atoms with E-state index in [1.54, 1.807) is 12.3 Å². The Balaban J connectivity index is 2.88. The molecule has 0 unspecified atom stereocenters. The van der Waals surface area contributed by atoms with Crippen molar-refractivity contribution in [3.05, 3.63) is 29.0 Å². The van der Waals surface area contributed by atoms with Crippen LogP contribution in [0.2, 0.25) is 5.02 Å². The molecule has 0 fully saturated rings. The van der Waals surface area contributed by atoms with Gasteiger partial charge in [-0.3, -0.25) is 4.98 Å². The largest absolute Gasteiger partial charge is 0.259 e. The molecule has 0 aliphatic rings. The molecule has 0 bridgehead atoms. The van der Waals surface area contributed by atoms with E-state index in [9.17, 15) is 0 Å². The number of thiol groups is 1. The molecule has 0 aliphatic heterocycles. The highest BCUT2D eigenvalue weighted by Crippen LogP contribution is 2.06. The second kappa shape index (κ2) is 3.08. The fourth-order valence-electron chi connectivity index (χ4n) is 0.500. The molecule has 9 heavy (non-hydrogen) atoms. The van der Waals surface area contributed by atoms with E-state index in [4.69, 9.17) is 11.6 Å².